The van der Waals surface area contributed by atoms with Crippen molar-refractivity contribution in [3.63, 3.8) is 0 Å². The van der Waals surface area contributed by atoms with Gasteiger partial charge >= 0.3 is 0 Å². The van der Waals surface area contributed by atoms with Gasteiger partial charge in [-0.15, -0.1) is 0 Å². The summed E-state index contributed by atoms with van der Waals surface area (Å²) in [4.78, 5) is 26.5. The van der Waals surface area contributed by atoms with Crippen molar-refractivity contribution in [1.82, 2.24) is 0 Å². The van der Waals surface area contributed by atoms with Crippen LogP contribution in [-0.4, -0.2) is 26.3 Å². The molecule has 172 valence electrons. The molecule has 0 bridgehead atoms. The van der Waals surface area contributed by atoms with Crippen LogP contribution < -0.4 is 20.7 Å². The number of benzene rings is 2. The number of primary sulfonamides is 1. The van der Waals surface area contributed by atoms with Crippen molar-refractivity contribution in [1.29, 1.82) is 0 Å². The summed E-state index contributed by atoms with van der Waals surface area (Å²) in [7, 11) is -3.81. The number of hydrogen-bond acceptors (Lipinski definition) is 6. The number of amides is 2. The number of rotatable bonds is 6. The second kappa shape index (κ2) is 8.72. The van der Waals surface area contributed by atoms with E-state index >= 15 is 0 Å². The second-order valence-corrected chi connectivity index (χ2v) is 9.53. The maximum atomic E-state index is 12.8. The summed E-state index contributed by atoms with van der Waals surface area (Å²) in [6, 6.07) is 13.3. The van der Waals surface area contributed by atoms with E-state index in [1.807, 2.05) is 18.2 Å². The van der Waals surface area contributed by atoms with Crippen LogP contribution in [0.2, 0.25) is 0 Å². The minimum atomic E-state index is -3.81. The van der Waals surface area contributed by atoms with Crippen LogP contribution in [-0.2, 0) is 27.8 Å². The van der Waals surface area contributed by atoms with Crippen molar-refractivity contribution in [2.45, 2.75) is 37.8 Å². The van der Waals surface area contributed by atoms with Crippen molar-refractivity contribution in [3.05, 3.63) is 71.7 Å². The second-order valence-electron chi connectivity index (χ2n) is 7.96. The lowest BCUT2D eigenvalue weighted by Gasteiger charge is -2.24. The number of furan rings is 1. The molecule has 1 aliphatic heterocycles. The maximum Gasteiger partial charge on any atom is 0.291 e. The van der Waals surface area contributed by atoms with Crippen LogP contribution in [0.4, 0.5) is 17.1 Å². The summed E-state index contributed by atoms with van der Waals surface area (Å²) in [5, 5.41) is 10.7. The number of sulfonamides is 1. The molecule has 10 heteroatoms. The average molecular weight is 469 g/mol. The van der Waals surface area contributed by atoms with Gasteiger partial charge in [-0.25, -0.2) is 13.6 Å². The SMILES string of the molecule is CC(=O)Nc1cccc2c1CC(C)N2Cc1ccoc1C(=O)Nc1ccc(S(N)(=O)=O)cc1. The lowest BCUT2D eigenvalue weighted by atomic mass is 10.1. The predicted octanol–water partition coefficient (Wildman–Crippen LogP) is 3.09. The number of fused-ring (bicyclic) bond motifs is 1. The molecule has 33 heavy (non-hydrogen) atoms. The van der Waals surface area contributed by atoms with Crippen LogP contribution in [0.3, 0.4) is 0 Å². The molecule has 0 saturated carbocycles. The number of carbonyl (C=O) groups excluding carboxylic acids is 2. The molecule has 2 aromatic carbocycles. The fourth-order valence-electron chi connectivity index (χ4n) is 4.01. The van der Waals surface area contributed by atoms with E-state index in [0.29, 0.717) is 17.8 Å². The summed E-state index contributed by atoms with van der Waals surface area (Å²) in [5.41, 5.74) is 3.97. The Morgan fingerprint density at radius 1 is 1.12 bits per heavy atom. The molecule has 2 amide bonds. The van der Waals surface area contributed by atoms with Gasteiger partial charge in [-0.3, -0.25) is 9.59 Å². The molecule has 0 spiro atoms. The summed E-state index contributed by atoms with van der Waals surface area (Å²) < 4.78 is 28.3. The first-order valence-electron chi connectivity index (χ1n) is 10.3. The molecule has 2 heterocycles. The first kappa shape index (κ1) is 22.6. The summed E-state index contributed by atoms with van der Waals surface area (Å²) in [5.74, 6) is -0.401. The highest BCUT2D eigenvalue weighted by molar-refractivity contribution is 7.89. The Morgan fingerprint density at radius 2 is 1.85 bits per heavy atom. The number of nitrogens with zero attached hydrogens (tertiary/aromatic N) is 1. The molecule has 0 saturated heterocycles. The lowest BCUT2D eigenvalue weighted by molar-refractivity contribution is -0.114. The van der Waals surface area contributed by atoms with E-state index in [9.17, 15) is 18.0 Å². The van der Waals surface area contributed by atoms with E-state index in [0.717, 1.165) is 23.4 Å². The highest BCUT2D eigenvalue weighted by Gasteiger charge is 2.30. The minimum absolute atomic E-state index is 0.0421. The molecule has 4 rings (SSSR count). The molecule has 1 aliphatic rings. The number of carbonyl (C=O) groups is 2. The van der Waals surface area contributed by atoms with E-state index in [4.69, 9.17) is 9.56 Å². The van der Waals surface area contributed by atoms with E-state index in [-0.39, 0.29) is 22.6 Å². The van der Waals surface area contributed by atoms with Gasteiger partial charge in [0.2, 0.25) is 15.9 Å². The van der Waals surface area contributed by atoms with Crippen LogP contribution in [0.5, 0.6) is 0 Å². The van der Waals surface area contributed by atoms with E-state index in [1.165, 1.54) is 37.5 Å². The monoisotopic (exact) mass is 468 g/mol. The molecular weight excluding hydrogens is 444 g/mol. The fraction of sp³-hybridized carbons (Fsp3) is 0.217. The van der Waals surface area contributed by atoms with Gasteiger partial charge in [0.25, 0.3) is 5.91 Å². The third kappa shape index (κ3) is 4.76. The zero-order valence-corrected chi connectivity index (χ0v) is 19.0. The molecule has 4 N–H and O–H groups in total. The van der Waals surface area contributed by atoms with Gasteiger partial charge in [0, 0.05) is 47.7 Å². The third-order valence-corrected chi connectivity index (χ3v) is 6.47. The van der Waals surface area contributed by atoms with Crippen molar-refractivity contribution < 1.29 is 22.4 Å². The number of nitrogens with two attached hydrogens (primary N) is 1. The summed E-state index contributed by atoms with van der Waals surface area (Å²) in [6.45, 7) is 4.01. The van der Waals surface area contributed by atoms with Crippen molar-refractivity contribution in [2.75, 3.05) is 15.5 Å². The zero-order valence-electron chi connectivity index (χ0n) is 18.2. The average Bonchev–Trinajstić information content (AvgIpc) is 3.33. The first-order valence-corrected chi connectivity index (χ1v) is 11.8. The minimum Gasteiger partial charge on any atom is -0.459 e. The highest BCUT2D eigenvalue weighted by atomic mass is 32.2. The van der Waals surface area contributed by atoms with Gasteiger partial charge in [-0.05, 0) is 55.8 Å². The predicted molar refractivity (Wildman–Crippen MR) is 125 cm³/mol. The third-order valence-electron chi connectivity index (χ3n) is 5.54. The van der Waals surface area contributed by atoms with Crippen molar-refractivity contribution in [2.24, 2.45) is 5.14 Å². The molecule has 0 fully saturated rings. The Hall–Kier alpha value is -3.63. The standard InChI is InChI=1S/C23H24N4O5S/c1-14-12-19-20(25-15(2)28)4-3-5-21(19)27(14)13-16-10-11-32-22(16)23(29)26-17-6-8-18(9-7-17)33(24,30)31/h3-11,14H,12-13H2,1-2H3,(H,25,28)(H,26,29)(H2,24,30,31). The Bertz CT molecular complexity index is 1310. The van der Waals surface area contributed by atoms with Gasteiger partial charge in [-0.2, -0.15) is 0 Å². The molecule has 1 unspecified atom stereocenters. The highest BCUT2D eigenvalue weighted by Crippen LogP contribution is 2.38. The number of hydrogen-bond donors (Lipinski definition) is 3. The van der Waals surface area contributed by atoms with E-state index in [1.54, 1.807) is 6.07 Å². The van der Waals surface area contributed by atoms with Crippen LogP contribution in [0.25, 0.3) is 0 Å². The normalized spacial score (nSPS) is 15.2. The summed E-state index contributed by atoms with van der Waals surface area (Å²) in [6.07, 6.45) is 2.23. The van der Waals surface area contributed by atoms with Crippen LogP contribution in [0.15, 0.2) is 64.1 Å². The quantitative estimate of drug-likeness (QED) is 0.509. The van der Waals surface area contributed by atoms with Gasteiger partial charge < -0.3 is 20.0 Å². The number of anilines is 3. The fourth-order valence-corrected chi connectivity index (χ4v) is 4.52. The van der Waals surface area contributed by atoms with Crippen LogP contribution >= 0.6 is 0 Å². The Morgan fingerprint density at radius 3 is 2.52 bits per heavy atom. The van der Waals surface area contributed by atoms with Gasteiger partial charge in [0.15, 0.2) is 5.76 Å². The molecular formula is C23H24N4O5S. The van der Waals surface area contributed by atoms with Crippen LogP contribution in [0, 0.1) is 0 Å². The molecule has 1 atom stereocenters. The number of nitrogens with one attached hydrogen (secondary N) is 2. The molecule has 0 radical (unpaired) electrons. The smallest absolute Gasteiger partial charge is 0.291 e. The first-order chi connectivity index (χ1) is 15.6. The lowest BCUT2D eigenvalue weighted by Crippen LogP contribution is -2.29. The zero-order chi connectivity index (χ0) is 23.8. The van der Waals surface area contributed by atoms with Crippen molar-refractivity contribution in [3.8, 4) is 0 Å². The van der Waals surface area contributed by atoms with Crippen molar-refractivity contribution >= 4 is 38.9 Å². The topological polar surface area (TPSA) is 135 Å². The summed E-state index contributed by atoms with van der Waals surface area (Å²) >= 11 is 0. The van der Waals surface area contributed by atoms with E-state index in [2.05, 4.69) is 22.5 Å². The molecule has 1 aromatic heterocycles. The van der Waals surface area contributed by atoms with Gasteiger partial charge in [0.05, 0.1) is 11.2 Å². The van der Waals surface area contributed by atoms with Gasteiger partial charge in [-0.1, -0.05) is 6.07 Å². The largest absolute Gasteiger partial charge is 0.459 e. The van der Waals surface area contributed by atoms with Gasteiger partial charge in [0.1, 0.15) is 0 Å². The Labute approximate surface area is 191 Å². The van der Waals surface area contributed by atoms with Crippen LogP contribution in [0.1, 0.15) is 35.5 Å². The van der Waals surface area contributed by atoms with E-state index < -0.39 is 15.9 Å². The maximum absolute atomic E-state index is 12.8. The molecule has 9 nitrogen and oxygen atoms in total. The molecule has 3 aromatic rings. The Balaban J connectivity index is 1.53. The molecule has 0 aliphatic carbocycles. The Kier molecular flexibility index (Phi) is 5.96.